The first-order valence-corrected chi connectivity index (χ1v) is 7.16. The Morgan fingerprint density at radius 1 is 0.842 bits per heavy atom. The first-order valence-electron chi connectivity index (χ1n) is 7.16. The molecule has 0 bridgehead atoms. The van der Waals surface area contributed by atoms with Crippen LogP contribution in [0.25, 0.3) is 0 Å². The van der Waals surface area contributed by atoms with E-state index in [0.29, 0.717) is 24.7 Å². The van der Waals surface area contributed by atoms with Gasteiger partial charge >= 0.3 is 11.9 Å². The van der Waals surface area contributed by atoms with Crippen molar-refractivity contribution in [3.05, 3.63) is 0 Å². The highest BCUT2D eigenvalue weighted by Gasteiger charge is 2.36. The molecule has 0 saturated heterocycles. The molecule has 0 rings (SSSR count). The molecule has 0 aliphatic rings. The zero-order chi connectivity index (χ0) is 15.1. The third-order valence-corrected chi connectivity index (χ3v) is 4.37. The quantitative estimate of drug-likeness (QED) is 0.634. The molecule has 4 nitrogen and oxygen atoms in total. The topological polar surface area (TPSA) is 74.6 Å². The molecule has 0 radical (unpaired) electrons. The zero-order valence-electron chi connectivity index (χ0n) is 12.6. The predicted octanol–water partition coefficient (Wildman–Crippen LogP) is 3.79. The second kappa shape index (κ2) is 8.18. The fraction of sp³-hybridized carbons (Fsp3) is 0.867. The monoisotopic (exact) mass is 272 g/mol. The van der Waals surface area contributed by atoms with Gasteiger partial charge in [-0.05, 0) is 42.9 Å². The van der Waals surface area contributed by atoms with Crippen LogP contribution in [0.5, 0.6) is 0 Å². The van der Waals surface area contributed by atoms with Gasteiger partial charge in [-0.25, -0.2) is 0 Å². The van der Waals surface area contributed by atoms with Crippen LogP contribution in [0.15, 0.2) is 0 Å². The maximum Gasteiger partial charge on any atom is 0.303 e. The van der Waals surface area contributed by atoms with Crippen molar-refractivity contribution in [3.8, 4) is 0 Å². The van der Waals surface area contributed by atoms with Crippen LogP contribution in [0.3, 0.4) is 0 Å². The number of carboxylic acid groups (broad SMARTS) is 2. The summed E-state index contributed by atoms with van der Waals surface area (Å²) in [6.07, 6.45) is 3.43. The fourth-order valence-electron chi connectivity index (χ4n) is 3.08. The molecule has 0 aliphatic heterocycles. The Hall–Kier alpha value is -1.06. The minimum atomic E-state index is -0.757. The number of carboxylic acids is 2. The van der Waals surface area contributed by atoms with Crippen molar-refractivity contribution in [1.82, 2.24) is 0 Å². The molecule has 0 spiro atoms. The highest BCUT2D eigenvalue weighted by Crippen LogP contribution is 2.45. The van der Waals surface area contributed by atoms with E-state index in [2.05, 4.69) is 27.7 Å². The standard InChI is InChI=1S/C15H28O4/c1-11(2)15(12(3)4,9-5-7-13(16)17)10-6-8-14(18)19/h11-12H,5-10H2,1-4H3,(H,16,17)(H,18,19). The molecule has 0 unspecified atom stereocenters. The van der Waals surface area contributed by atoms with Crippen LogP contribution in [0.2, 0.25) is 0 Å². The van der Waals surface area contributed by atoms with Crippen LogP contribution >= 0.6 is 0 Å². The Kier molecular flexibility index (Phi) is 7.72. The Morgan fingerprint density at radius 2 is 1.16 bits per heavy atom. The molecule has 0 saturated carbocycles. The number of carbonyl (C=O) groups is 2. The van der Waals surface area contributed by atoms with Gasteiger partial charge in [-0.1, -0.05) is 27.7 Å². The molecule has 0 atom stereocenters. The SMILES string of the molecule is CC(C)C(CCCC(=O)O)(CCCC(=O)O)C(C)C. The summed E-state index contributed by atoms with van der Waals surface area (Å²) in [6, 6.07) is 0. The van der Waals surface area contributed by atoms with Gasteiger partial charge in [-0.3, -0.25) is 9.59 Å². The first kappa shape index (κ1) is 17.9. The van der Waals surface area contributed by atoms with Crippen molar-refractivity contribution in [1.29, 1.82) is 0 Å². The summed E-state index contributed by atoms with van der Waals surface area (Å²) in [5.74, 6) is -0.663. The van der Waals surface area contributed by atoms with Gasteiger partial charge in [-0.2, -0.15) is 0 Å². The molecule has 0 aliphatic carbocycles. The van der Waals surface area contributed by atoms with E-state index in [1.165, 1.54) is 0 Å². The average molecular weight is 272 g/mol. The molecule has 0 aromatic rings. The van der Waals surface area contributed by atoms with Crippen molar-refractivity contribution < 1.29 is 19.8 Å². The van der Waals surface area contributed by atoms with Gasteiger partial charge in [0, 0.05) is 12.8 Å². The van der Waals surface area contributed by atoms with Crippen LogP contribution in [-0.4, -0.2) is 22.2 Å². The second-order valence-electron chi connectivity index (χ2n) is 6.04. The average Bonchev–Trinajstić information content (AvgIpc) is 2.25. The summed E-state index contributed by atoms with van der Waals surface area (Å²) in [7, 11) is 0. The molecule has 2 N–H and O–H groups in total. The Labute approximate surface area is 116 Å². The normalized spacial score (nSPS) is 12.1. The molecule has 112 valence electrons. The van der Waals surface area contributed by atoms with Gasteiger partial charge in [0.25, 0.3) is 0 Å². The minimum Gasteiger partial charge on any atom is -0.481 e. The van der Waals surface area contributed by atoms with Crippen molar-refractivity contribution in [3.63, 3.8) is 0 Å². The molecule has 0 aromatic heterocycles. The summed E-state index contributed by atoms with van der Waals surface area (Å²) in [5.41, 5.74) is 0.0465. The highest BCUT2D eigenvalue weighted by atomic mass is 16.4. The smallest absolute Gasteiger partial charge is 0.303 e. The van der Waals surface area contributed by atoms with E-state index in [-0.39, 0.29) is 18.3 Å². The summed E-state index contributed by atoms with van der Waals surface area (Å²) in [5, 5.41) is 17.5. The summed E-state index contributed by atoms with van der Waals surface area (Å²) < 4.78 is 0. The lowest BCUT2D eigenvalue weighted by atomic mass is 9.63. The van der Waals surface area contributed by atoms with Crippen LogP contribution in [0.1, 0.15) is 66.2 Å². The zero-order valence-corrected chi connectivity index (χ0v) is 12.6. The third-order valence-electron chi connectivity index (χ3n) is 4.37. The van der Waals surface area contributed by atoms with Crippen LogP contribution in [-0.2, 0) is 9.59 Å². The van der Waals surface area contributed by atoms with Gasteiger partial charge in [0.1, 0.15) is 0 Å². The molecule has 0 heterocycles. The Morgan fingerprint density at radius 3 is 1.37 bits per heavy atom. The van der Waals surface area contributed by atoms with Crippen LogP contribution in [0, 0.1) is 17.3 Å². The molecular formula is C15H28O4. The van der Waals surface area contributed by atoms with Crippen molar-refractivity contribution in [2.24, 2.45) is 17.3 Å². The molecular weight excluding hydrogens is 244 g/mol. The van der Waals surface area contributed by atoms with Gasteiger partial charge in [0.15, 0.2) is 0 Å². The van der Waals surface area contributed by atoms with Gasteiger partial charge in [0.2, 0.25) is 0 Å². The molecule has 0 amide bonds. The van der Waals surface area contributed by atoms with E-state index in [1.807, 2.05) is 0 Å². The number of rotatable bonds is 10. The number of hydrogen-bond acceptors (Lipinski definition) is 2. The fourth-order valence-corrected chi connectivity index (χ4v) is 3.08. The lowest BCUT2D eigenvalue weighted by molar-refractivity contribution is -0.138. The first-order chi connectivity index (χ1) is 8.72. The number of aliphatic carboxylic acids is 2. The summed E-state index contributed by atoms with van der Waals surface area (Å²) >= 11 is 0. The van der Waals surface area contributed by atoms with E-state index in [9.17, 15) is 9.59 Å². The summed E-state index contributed by atoms with van der Waals surface area (Å²) in [4.78, 5) is 21.3. The molecule has 0 aromatic carbocycles. The van der Waals surface area contributed by atoms with Crippen molar-refractivity contribution in [2.75, 3.05) is 0 Å². The number of hydrogen-bond donors (Lipinski definition) is 2. The maximum absolute atomic E-state index is 10.7. The van der Waals surface area contributed by atoms with Gasteiger partial charge in [-0.15, -0.1) is 0 Å². The van der Waals surface area contributed by atoms with E-state index in [1.54, 1.807) is 0 Å². The minimum absolute atomic E-state index is 0.0465. The van der Waals surface area contributed by atoms with Crippen molar-refractivity contribution >= 4 is 11.9 Å². The Bertz CT molecular complexity index is 265. The van der Waals surface area contributed by atoms with E-state index < -0.39 is 11.9 Å². The van der Waals surface area contributed by atoms with Crippen LogP contribution < -0.4 is 0 Å². The van der Waals surface area contributed by atoms with Gasteiger partial charge < -0.3 is 10.2 Å². The largest absolute Gasteiger partial charge is 0.481 e. The second-order valence-corrected chi connectivity index (χ2v) is 6.04. The van der Waals surface area contributed by atoms with Gasteiger partial charge in [0.05, 0.1) is 0 Å². The molecule has 4 heteroatoms. The predicted molar refractivity (Wildman–Crippen MR) is 75.1 cm³/mol. The molecule has 0 fully saturated rings. The van der Waals surface area contributed by atoms with E-state index in [0.717, 1.165) is 12.8 Å². The Balaban J connectivity index is 4.67. The van der Waals surface area contributed by atoms with Crippen LogP contribution in [0.4, 0.5) is 0 Å². The third kappa shape index (κ3) is 6.08. The highest BCUT2D eigenvalue weighted by molar-refractivity contribution is 5.66. The lowest BCUT2D eigenvalue weighted by Crippen LogP contribution is -2.33. The maximum atomic E-state index is 10.7. The summed E-state index contributed by atoms with van der Waals surface area (Å²) in [6.45, 7) is 8.62. The lowest BCUT2D eigenvalue weighted by Gasteiger charge is -2.42. The van der Waals surface area contributed by atoms with E-state index >= 15 is 0 Å². The van der Waals surface area contributed by atoms with Crippen molar-refractivity contribution in [2.45, 2.75) is 66.2 Å². The van der Waals surface area contributed by atoms with E-state index in [4.69, 9.17) is 10.2 Å². The molecule has 19 heavy (non-hydrogen) atoms.